The Bertz CT molecular complexity index is 864. The number of aromatic nitrogens is 5. The predicted octanol–water partition coefficient (Wildman–Crippen LogP) is 1.28. The highest BCUT2D eigenvalue weighted by Gasteiger charge is 2.27. The molecule has 4 heterocycles. The van der Waals surface area contributed by atoms with Gasteiger partial charge in [-0.1, -0.05) is 6.07 Å². The Labute approximate surface area is 144 Å². The average Bonchev–Trinajstić information content (AvgIpc) is 3.16. The number of hydrogen-bond donors (Lipinski definition) is 2. The molecule has 3 aromatic heterocycles. The molecule has 1 saturated heterocycles. The van der Waals surface area contributed by atoms with Crippen molar-refractivity contribution in [3.8, 4) is 0 Å². The fourth-order valence-corrected chi connectivity index (χ4v) is 3.21. The number of anilines is 1. The molecular formula is C17H19N7O. The molecule has 1 aliphatic heterocycles. The Kier molecular flexibility index (Phi) is 4.24. The minimum Gasteiger partial charge on any atom is -0.354 e. The summed E-state index contributed by atoms with van der Waals surface area (Å²) in [7, 11) is 0. The summed E-state index contributed by atoms with van der Waals surface area (Å²) in [6, 6.07) is 3.82. The topological polar surface area (TPSA) is 99.7 Å². The molecule has 0 saturated carbocycles. The van der Waals surface area contributed by atoms with E-state index < -0.39 is 0 Å². The second-order valence-corrected chi connectivity index (χ2v) is 6.16. The summed E-state index contributed by atoms with van der Waals surface area (Å²) in [6.07, 6.45) is 8.46. The number of carbonyl (C=O) groups excluding carboxylic acids is 1. The highest BCUT2D eigenvalue weighted by molar-refractivity contribution is 5.84. The molecule has 0 aliphatic carbocycles. The number of carbonyl (C=O) groups is 1. The van der Waals surface area contributed by atoms with Gasteiger partial charge in [-0.2, -0.15) is 0 Å². The zero-order valence-corrected chi connectivity index (χ0v) is 13.7. The SMILES string of the molecule is O=C(NCc1cccnc1)C1CCCN(c2ncnc3nc[nH]c23)C1. The van der Waals surface area contributed by atoms with Crippen LogP contribution in [0.3, 0.4) is 0 Å². The molecule has 1 amide bonds. The van der Waals surface area contributed by atoms with E-state index in [1.165, 1.54) is 6.33 Å². The third-order valence-corrected chi connectivity index (χ3v) is 4.48. The lowest BCUT2D eigenvalue weighted by molar-refractivity contribution is -0.125. The maximum absolute atomic E-state index is 12.6. The van der Waals surface area contributed by atoms with Crippen molar-refractivity contribution in [2.45, 2.75) is 19.4 Å². The van der Waals surface area contributed by atoms with Gasteiger partial charge >= 0.3 is 0 Å². The average molecular weight is 337 g/mol. The number of aromatic amines is 1. The molecule has 1 atom stereocenters. The second kappa shape index (κ2) is 6.84. The summed E-state index contributed by atoms with van der Waals surface area (Å²) in [5.41, 5.74) is 2.46. The van der Waals surface area contributed by atoms with Gasteiger partial charge in [0.15, 0.2) is 11.5 Å². The van der Waals surface area contributed by atoms with Gasteiger partial charge in [-0.05, 0) is 24.5 Å². The molecule has 0 spiro atoms. The van der Waals surface area contributed by atoms with E-state index in [1.807, 2.05) is 12.1 Å². The molecule has 0 bridgehead atoms. The summed E-state index contributed by atoms with van der Waals surface area (Å²) in [6.45, 7) is 2.02. The number of hydrogen-bond acceptors (Lipinski definition) is 6. The van der Waals surface area contributed by atoms with Gasteiger partial charge in [0.25, 0.3) is 0 Å². The largest absolute Gasteiger partial charge is 0.354 e. The zero-order valence-electron chi connectivity index (χ0n) is 13.7. The van der Waals surface area contributed by atoms with Crippen LogP contribution in [0.15, 0.2) is 37.2 Å². The van der Waals surface area contributed by atoms with Crippen LogP contribution in [-0.4, -0.2) is 43.9 Å². The van der Waals surface area contributed by atoms with Gasteiger partial charge in [0, 0.05) is 32.0 Å². The molecule has 3 aromatic rings. The molecule has 8 heteroatoms. The van der Waals surface area contributed by atoms with Crippen molar-refractivity contribution in [2.75, 3.05) is 18.0 Å². The van der Waals surface area contributed by atoms with Gasteiger partial charge < -0.3 is 15.2 Å². The van der Waals surface area contributed by atoms with E-state index >= 15 is 0 Å². The highest BCUT2D eigenvalue weighted by atomic mass is 16.1. The number of nitrogens with zero attached hydrogens (tertiary/aromatic N) is 5. The summed E-state index contributed by atoms with van der Waals surface area (Å²) < 4.78 is 0. The van der Waals surface area contributed by atoms with Gasteiger partial charge in [0.2, 0.25) is 5.91 Å². The lowest BCUT2D eigenvalue weighted by Crippen LogP contribution is -2.43. The number of imidazole rings is 1. The molecule has 128 valence electrons. The van der Waals surface area contributed by atoms with Crippen LogP contribution in [0, 0.1) is 5.92 Å². The summed E-state index contributed by atoms with van der Waals surface area (Å²) in [5.74, 6) is 0.828. The van der Waals surface area contributed by atoms with Crippen molar-refractivity contribution in [3.63, 3.8) is 0 Å². The first-order chi connectivity index (χ1) is 12.3. The van der Waals surface area contributed by atoms with Crippen LogP contribution in [0.2, 0.25) is 0 Å². The number of pyridine rings is 1. The van der Waals surface area contributed by atoms with Crippen molar-refractivity contribution in [1.29, 1.82) is 0 Å². The molecule has 0 radical (unpaired) electrons. The van der Waals surface area contributed by atoms with Crippen LogP contribution in [0.5, 0.6) is 0 Å². The monoisotopic (exact) mass is 337 g/mol. The van der Waals surface area contributed by atoms with Crippen LogP contribution in [0.1, 0.15) is 18.4 Å². The lowest BCUT2D eigenvalue weighted by atomic mass is 9.97. The first-order valence-electron chi connectivity index (χ1n) is 8.37. The minimum absolute atomic E-state index is 0.0571. The van der Waals surface area contributed by atoms with Crippen molar-refractivity contribution in [2.24, 2.45) is 5.92 Å². The van der Waals surface area contributed by atoms with Crippen LogP contribution in [0.25, 0.3) is 11.2 Å². The van der Waals surface area contributed by atoms with Crippen LogP contribution in [-0.2, 0) is 11.3 Å². The number of rotatable bonds is 4. The van der Waals surface area contributed by atoms with Gasteiger partial charge in [-0.3, -0.25) is 9.78 Å². The Morgan fingerprint density at radius 3 is 3.20 bits per heavy atom. The maximum Gasteiger partial charge on any atom is 0.225 e. The lowest BCUT2D eigenvalue weighted by Gasteiger charge is -2.32. The Balaban J connectivity index is 1.44. The Morgan fingerprint density at radius 1 is 1.36 bits per heavy atom. The normalized spacial score (nSPS) is 17.6. The van der Waals surface area contributed by atoms with E-state index in [9.17, 15) is 4.79 Å². The quantitative estimate of drug-likeness (QED) is 0.744. The third kappa shape index (κ3) is 3.28. The van der Waals surface area contributed by atoms with Gasteiger partial charge in [0.1, 0.15) is 11.8 Å². The summed E-state index contributed by atoms with van der Waals surface area (Å²) >= 11 is 0. The van der Waals surface area contributed by atoms with Gasteiger partial charge in [0.05, 0.1) is 12.2 Å². The number of H-pyrrole nitrogens is 1. The van der Waals surface area contributed by atoms with E-state index in [0.29, 0.717) is 18.7 Å². The van der Waals surface area contributed by atoms with Gasteiger partial charge in [-0.15, -0.1) is 0 Å². The van der Waals surface area contributed by atoms with E-state index in [0.717, 1.165) is 36.3 Å². The Hall–Kier alpha value is -3.03. The molecule has 25 heavy (non-hydrogen) atoms. The molecule has 4 rings (SSSR count). The molecular weight excluding hydrogens is 318 g/mol. The fraction of sp³-hybridized carbons (Fsp3) is 0.353. The van der Waals surface area contributed by atoms with Crippen molar-refractivity contribution >= 4 is 22.9 Å². The minimum atomic E-state index is -0.0571. The number of piperidine rings is 1. The molecule has 8 nitrogen and oxygen atoms in total. The van der Waals surface area contributed by atoms with E-state index in [-0.39, 0.29) is 11.8 Å². The zero-order chi connectivity index (χ0) is 17.1. The maximum atomic E-state index is 12.6. The molecule has 1 unspecified atom stereocenters. The number of amides is 1. The number of fused-ring (bicyclic) bond motifs is 1. The van der Waals surface area contributed by atoms with E-state index in [1.54, 1.807) is 18.7 Å². The smallest absolute Gasteiger partial charge is 0.225 e. The van der Waals surface area contributed by atoms with Crippen molar-refractivity contribution in [1.82, 2.24) is 30.2 Å². The summed E-state index contributed by atoms with van der Waals surface area (Å²) in [5, 5.41) is 3.01. The predicted molar refractivity (Wildman–Crippen MR) is 92.7 cm³/mol. The number of nitrogens with one attached hydrogen (secondary N) is 2. The Morgan fingerprint density at radius 2 is 2.32 bits per heavy atom. The highest BCUT2D eigenvalue weighted by Crippen LogP contribution is 2.25. The second-order valence-electron chi connectivity index (χ2n) is 6.16. The van der Waals surface area contributed by atoms with Crippen molar-refractivity contribution in [3.05, 3.63) is 42.7 Å². The first kappa shape index (κ1) is 15.5. The van der Waals surface area contributed by atoms with Crippen molar-refractivity contribution < 1.29 is 4.79 Å². The molecule has 0 aromatic carbocycles. The standard InChI is InChI=1S/C17H19N7O/c25-17(19-8-12-3-1-5-18-7-12)13-4-2-6-24(9-13)16-14-15(21-10-20-14)22-11-23-16/h1,3,5,7,10-11,13H,2,4,6,8-9H2,(H,19,25)(H,20,21,22,23). The summed E-state index contributed by atoms with van der Waals surface area (Å²) in [4.78, 5) is 34.6. The van der Waals surface area contributed by atoms with Gasteiger partial charge in [-0.25, -0.2) is 15.0 Å². The molecule has 1 aliphatic rings. The van der Waals surface area contributed by atoms with E-state index in [4.69, 9.17) is 0 Å². The van der Waals surface area contributed by atoms with Crippen LogP contribution in [0.4, 0.5) is 5.82 Å². The van der Waals surface area contributed by atoms with Crippen LogP contribution >= 0.6 is 0 Å². The molecule has 1 fully saturated rings. The third-order valence-electron chi connectivity index (χ3n) is 4.48. The molecule has 2 N–H and O–H groups in total. The van der Waals surface area contributed by atoms with E-state index in [2.05, 4.69) is 35.1 Å². The fourth-order valence-electron chi connectivity index (χ4n) is 3.21. The van der Waals surface area contributed by atoms with Crippen LogP contribution < -0.4 is 10.2 Å². The first-order valence-corrected chi connectivity index (χ1v) is 8.37.